The van der Waals surface area contributed by atoms with Crippen LogP contribution in [0, 0.1) is 0 Å². The van der Waals surface area contributed by atoms with Gasteiger partial charge in [-0.05, 0) is 26.1 Å². The van der Waals surface area contributed by atoms with Crippen molar-refractivity contribution in [3.8, 4) is 0 Å². The zero-order valence-electron chi connectivity index (χ0n) is 11.1. The molecule has 3 N–H and O–H groups in total. The summed E-state index contributed by atoms with van der Waals surface area (Å²) in [7, 11) is 1.89. The van der Waals surface area contributed by atoms with E-state index >= 15 is 0 Å². The maximum atomic E-state index is 11.7. The van der Waals surface area contributed by atoms with Gasteiger partial charge in [-0.1, -0.05) is 20.8 Å². The van der Waals surface area contributed by atoms with Gasteiger partial charge in [0.1, 0.15) is 5.69 Å². The summed E-state index contributed by atoms with van der Waals surface area (Å²) in [5.41, 5.74) is 1.41. The minimum atomic E-state index is -0.118. The first-order valence-corrected chi connectivity index (χ1v) is 5.94. The van der Waals surface area contributed by atoms with Gasteiger partial charge in [0.05, 0.1) is 0 Å². The van der Waals surface area contributed by atoms with Gasteiger partial charge in [-0.15, -0.1) is 0 Å². The standard InChI is InChI=1S/C12H22N4O/c1-12(2,3)10-8-9(15-16-10)11(17)14-7-5-6-13-4/h8,13H,5-7H2,1-4H3,(H,14,17)(H,15,16). The molecule has 0 aromatic carbocycles. The third kappa shape index (κ3) is 4.19. The van der Waals surface area contributed by atoms with Crippen LogP contribution >= 0.6 is 0 Å². The Morgan fingerprint density at radius 1 is 1.41 bits per heavy atom. The highest BCUT2D eigenvalue weighted by Gasteiger charge is 2.18. The van der Waals surface area contributed by atoms with Crippen molar-refractivity contribution in [2.24, 2.45) is 0 Å². The molecule has 1 rings (SSSR count). The molecule has 1 heterocycles. The zero-order valence-corrected chi connectivity index (χ0v) is 11.1. The lowest BCUT2D eigenvalue weighted by Crippen LogP contribution is -2.26. The summed E-state index contributed by atoms with van der Waals surface area (Å²) in [5, 5.41) is 12.8. The molecule has 0 aliphatic carbocycles. The molecule has 0 aliphatic rings. The normalized spacial score (nSPS) is 11.5. The van der Waals surface area contributed by atoms with Gasteiger partial charge in [0.2, 0.25) is 0 Å². The maximum Gasteiger partial charge on any atom is 0.271 e. The predicted molar refractivity (Wildman–Crippen MR) is 68.2 cm³/mol. The predicted octanol–water partition coefficient (Wildman–Crippen LogP) is 1.05. The molecule has 0 aliphatic heterocycles. The Balaban J connectivity index is 2.50. The lowest BCUT2D eigenvalue weighted by atomic mass is 9.92. The number of nitrogens with one attached hydrogen (secondary N) is 3. The molecule has 0 unspecified atom stereocenters. The van der Waals surface area contributed by atoms with Crippen molar-refractivity contribution in [3.05, 3.63) is 17.5 Å². The highest BCUT2D eigenvalue weighted by atomic mass is 16.1. The van der Waals surface area contributed by atoms with Crippen LogP contribution in [0.4, 0.5) is 0 Å². The molecule has 0 spiro atoms. The number of hydrogen-bond acceptors (Lipinski definition) is 3. The molecule has 17 heavy (non-hydrogen) atoms. The Morgan fingerprint density at radius 3 is 2.65 bits per heavy atom. The Hall–Kier alpha value is -1.36. The second-order valence-corrected chi connectivity index (χ2v) is 5.13. The van der Waals surface area contributed by atoms with Crippen LogP contribution in [-0.2, 0) is 5.41 Å². The first-order chi connectivity index (χ1) is 7.95. The Morgan fingerprint density at radius 2 is 2.12 bits per heavy atom. The lowest BCUT2D eigenvalue weighted by molar-refractivity contribution is 0.0948. The number of rotatable bonds is 5. The highest BCUT2D eigenvalue weighted by molar-refractivity contribution is 5.92. The fourth-order valence-corrected chi connectivity index (χ4v) is 1.38. The van der Waals surface area contributed by atoms with Gasteiger partial charge in [-0.3, -0.25) is 9.89 Å². The molecule has 5 heteroatoms. The zero-order chi connectivity index (χ0) is 12.9. The summed E-state index contributed by atoms with van der Waals surface area (Å²) in [6, 6.07) is 1.81. The summed E-state index contributed by atoms with van der Waals surface area (Å²) in [6.07, 6.45) is 0.915. The van der Waals surface area contributed by atoms with E-state index in [0.717, 1.165) is 18.7 Å². The first kappa shape index (κ1) is 13.7. The molecule has 1 aromatic heterocycles. The Bertz CT molecular complexity index is 365. The molecule has 0 atom stereocenters. The van der Waals surface area contributed by atoms with Crippen LogP contribution in [-0.4, -0.2) is 36.2 Å². The molecule has 96 valence electrons. The minimum absolute atomic E-state index is 0.0162. The summed E-state index contributed by atoms with van der Waals surface area (Å²) < 4.78 is 0. The Labute approximate surface area is 102 Å². The highest BCUT2D eigenvalue weighted by Crippen LogP contribution is 2.20. The number of carbonyl (C=O) groups excluding carboxylic acids is 1. The summed E-state index contributed by atoms with van der Waals surface area (Å²) >= 11 is 0. The smallest absolute Gasteiger partial charge is 0.271 e. The molecule has 0 saturated carbocycles. The molecular weight excluding hydrogens is 216 g/mol. The van der Waals surface area contributed by atoms with Crippen molar-refractivity contribution >= 4 is 5.91 Å². The summed E-state index contributed by atoms with van der Waals surface area (Å²) in [6.45, 7) is 7.80. The van der Waals surface area contributed by atoms with Crippen LogP contribution < -0.4 is 10.6 Å². The van der Waals surface area contributed by atoms with Crippen molar-refractivity contribution in [1.82, 2.24) is 20.8 Å². The fourth-order valence-electron chi connectivity index (χ4n) is 1.38. The number of hydrogen-bond donors (Lipinski definition) is 3. The van der Waals surface area contributed by atoms with Gasteiger partial charge in [0, 0.05) is 17.7 Å². The second kappa shape index (κ2) is 5.82. The van der Waals surface area contributed by atoms with E-state index < -0.39 is 0 Å². The van der Waals surface area contributed by atoms with E-state index in [1.807, 2.05) is 13.1 Å². The molecule has 1 aromatic rings. The van der Waals surface area contributed by atoms with E-state index in [9.17, 15) is 4.79 Å². The van der Waals surface area contributed by atoms with Gasteiger partial charge < -0.3 is 10.6 Å². The van der Waals surface area contributed by atoms with Gasteiger partial charge in [-0.25, -0.2) is 0 Å². The third-order valence-corrected chi connectivity index (χ3v) is 2.51. The van der Waals surface area contributed by atoms with Gasteiger partial charge in [0.25, 0.3) is 5.91 Å². The van der Waals surface area contributed by atoms with Crippen molar-refractivity contribution in [1.29, 1.82) is 0 Å². The molecule has 1 amide bonds. The third-order valence-electron chi connectivity index (χ3n) is 2.51. The largest absolute Gasteiger partial charge is 0.351 e. The monoisotopic (exact) mass is 238 g/mol. The summed E-state index contributed by atoms with van der Waals surface area (Å²) in [5.74, 6) is -0.118. The van der Waals surface area contributed by atoms with Crippen LogP contribution in [0.1, 0.15) is 43.4 Å². The maximum absolute atomic E-state index is 11.7. The van der Waals surface area contributed by atoms with Crippen LogP contribution in [0.5, 0.6) is 0 Å². The van der Waals surface area contributed by atoms with Gasteiger partial charge >= 0.3 is 0 Å². The number of amides is 1. The van der Waals surface area contributed by atoms with Gasteiger partial charge in [0.15, 0.2) is 0 Å². The minimum Gasteiger partial charge on any atom is -0.351 e. The average Bonchev–Trinajstić information content (AvgIpc) is 2.72. The van der Waals surface area contributed by atoms with E-state index in [1.54, 1.807) is 0 Å². The quantitative estimate of drug-likeness (QED) is 0.671. The first-order valence-electron chi connectivity index (χ1n) is 5.94. The topological polar surface area (TPSA) is 69.8 Å². The van der Waals surface area contributed by atoms with Crippen LogP contribution in [0.2, 0.25) is 0 Å². The van der Waals surface area contributed by atoms with Crippen molar-refractivity contribution < 1.29 is 4.79 Å². The van der Waals surface area contributed by atoms with E-state index in [2.05, 4.69) is 41.6 Å². The van der Waals surface area contributed by atoms with Crippen LogP contribution in [0.15, 0.2) is 6.07 Å². The molecular formula is C12H22N4O. The SMILES string of the molecule is CNCCCNC(=O)c1cc(C(C)(C)C)[nH]n1. The number of aromatic amines is 1. The number of nitrogens with zero attached hydrogens (tertiary/aromatic N) is 1. The summed E-state index contributed by atoms with van der Waals surface area (Å²) in [4.78, 5) is 11.7. The fraction of sp³-hybridized carbons (Fsp3) is 0.667. The van der Waals surface area contributed by atoms with Crippen molar-refractivity contribution in [2.45, 2.75) is 32.6 Å². The molecule has 0 fully saturated rings. The van der Waals surface area contributed by atoms with E-state index in [-0.39, 0.29) is 11.3 Å². The molecule has 0 saturated heterocycles. The van der Waals surface area contributed by atoms with E-state index in [1.165, 1.54) is 0 Å². The van der Waals surface area contributed by atoms with Crippen molar-refractivity contribution in [2.75, 3.05) is 20.1 Å². The molecule has 0 radical (unpaired) electrons. The average molecular weight is 238 g/mol. The van der Waals surface area contributed by atoms with E-state index in [0.29, 0.717) is 12.2 Å². The Kier molecular flexibility index (Phi) is 4.69. The second-order valence-electron chi connectivity index (χ2n) is 5.13. The van der Waals surface area contributed by atoms with E-state index in [4.69, 9.17) is 0 Å². The molecule has 0 bridgehead atoms. The number of carbonyl (C=O) groups is 1. The lowest BCUT2D eigenvalue weighted by Gasteiger charge is -2.14. The number of H-pyrrole nitrogens is 1. The van der Waals surface area contributed by atoms with Crippen LogP contribution in [0.25, 0.3) is 0 Å². The number of aromatic nitrogens is 2. The van der Waals surface area contributed by atoms with Crippen molar-refractivity contribution in [3.63, 3.8) is 0 Å². The molecule has 5 nitrogen and oxygen atoms in total. The van der Waals surface area contributed by atoms with Crippen LogP contribution in [0.3, 0.4) is 0 Å². The van der Waals surface area contributed by atoms with Gasteiger partial charge in [-0.2, -0.15) is 5.10 Å².